The van der Waals surface area contributed by atoms with E-state index in [0.717, 1.165) is 18.9 Å². The highest BCUT2D eigenvalue weighted by atomic mass is 19.1. The number of rotatable bonds is 4. The molecule has 8 heteroatoms. The van der Waals surface area contributed by atoms with Crippen LogP contribution in [0.4, 0.5) is 10.1 Å². The van der Waals surface area contributed by atoms with Crippen molar-refractivity contribution in [2.45, 2.75) is 38.3 Å². The molecule has 1 saturated carbocycles. The minimum atomic E-state index is -1.32. The van der Waals surface area contributed by atoms with Gasteiger partial charge in [0.05, 0.1) is 23.9 Å². The predicted molar refractivity (Wildman–Crippen MR) is 102 cm³/mol. The number of hydrogen-bond acceptors (Lipinski definition) is 5. The lowest BCUT2D eigenvalue weighted by Crippen LogP contribution is -2.45. The van der Waals surface area contributed by atoms with E-state index in [1.165, 1.54) is 6.20 Å². The van der Waals surface area contributed by atoms with E-state index in [4.69, 9.17) is 0 Å². The van der Waals surface area contributed by atoms with Crippen LogP contribution in [0.25, 0.3) is 10.9 Å². The SMILES string of the molecule is Cc1c(N2CCC(O)C(CO)C2)c(F)cc2c(=O)c(C(=O)O)cn(C3CC3)c12. The highest BCUT2D eigenvalue weighted by molar-refractivity contribution is 5.95. The van der Waals surface area contributed by atoms with E-state index < -0.39 is 23.3 Å². The Bertz CT molecular complexity index is 1010. The molecule has 1 aliphatic carbocycles. The van der Waals surface area contributed by atoms with Gasteiger partial charge in [-0.2, -0.15) is 0 Å². The minimum absolute atomic E-state index is 0.0707. The third-order valence-corrected chi connectivity index (χ3v) is 5.89. The molecular weight excluding hydrogens is 367 g/mol. The standard InChI is InChI=1S/C20H23FN2O5/c1-10-17-13(19(26)14(20(27)28)8-23(17)12-2-3-12)6-15(21)18(10)22-5-4-16(25)11(7-22)9-24/h6,8,11-12,16,24-25H,2-5,7,9H2,1H3,(H,27,28). The summed E-state index contributed by atoms with van der Waals surface area (Å²) in [6.07, 6.45) is 2.91. The summed E-state index contributed by atoms with van der Waals surface area (Å²) in [4.78, 5) is 25.9. The van der Waals surface area contributed by atoms with E-state index >= 15 is 4.39 Å². The van der Waals surface area contributed by atoms with Crippen LogP contribution < -0.4 is 10.3 Å². The van der Waals surface area contributed by atoms with Gasteiger partial charge in [-0.15, -0.1) is 0 Å². The lowest BCUT2D eigenvalue weighted by molar-refractivity contribution is 0.0523. The number of carboxylic acids is 1. The first kappa shape index (κ1) is 18.9. The van der Waals surface area contributed by atoms with Crippen LogP contribution in [0.2, 0.25) is 0 Å². The van der Waals surface area contributed by atoms with Crippen molar-refractivity contribution in [1.82, 2.24) is 4.57 Å². The summed E-state index contributed by atoms with van der Waals surface area (Å²) in [5.74, 6) is -2.29. The highest BCUT2D eigenvalue weighted by Crippen LogP contribution is 2.40. The van der Waals surface area contributed by atoms with Crippen molar-refractivity contribution in [2.24, 2.45) is 5.92 Å². The van der Waals surface area contributed by atoms with Gasteiger partial charge in [-0.05, 0) is 37.8 Å². The molecule has 4 rings (SSSR count). The number of fused-ring (bicyclic) bond motifs is 1. The Balaban J connectivity index is 1.93. The summed E-state index contributed by atoms with van der Waals surface area (Å²) >= 11 is 0. The number of aliphatic hydroxyl groups excluding tert-OH is 2. The minimum Gasteiger partial charge on any atom is -0.477 e. The number of halogens is 1. The number of nitrogens with zero attached hydrogens (tertiary/aromatic N) is 2. The summed E-state index contributed by atoms with van der Waals surface area (Å²) in [5, 5.41) is 28.9. The lowest BCUT2D eigenvalue weighted by atomic mass is 9.94. The smallest absolute Gasteiger partial charge is 0.341 e. The molecular formula is C20H23FN2O5. The molecule has 0 radical (unpaired) electrons. The molecule has 2 atom stereocenters. The maximum atomic E-state index is 15.1. The molecule has 1 aromatic heterocycles. The van der Waals surface area contributed by atoms with Gasteiger partial charge in [0, 0.05) is 36.6 Å². The molecule has 0 spiro atoms. The number of aromatic nitrogens is 1. The molecule has 7 nitrogen and oxygen atoms in total. The number of piperidine rings is 1. The second kappa shape index (κ2) is 6.86. The summed E-state index contributed by atoms with van der Waals surface area (Å²) in [6.45, 7) is 2.28. The van der Waals surface area contributed by atoms with Crippen LogP contribution in [0, 0.1) is 18.7 Å². The first-order valence-electron chi connectivity index (χ1n) is 9.48. The number of aliphatic hydroxyl groups is 2. The van der Waals surface area contributed by atoms with Crippen LogP contribution in [0.5, 0.6) is 0 Å². The van der Waals surface area contributed by atoms with Gasteiger partial charge in [0.1, 0.15) is 11.4 Å². The van der Waals surface area contributed by atoms with E-state index in [-0.39, 0.29) is 29.5 Å². The number of benzene rings is 1. The van der Waals surface area contributed by atoms with E-state index in [0.29, 0.717) is 36.3 Å². The van der Waals surface area contributed by atoms with Gasteiger partial charge in [0.15, 0.2) is 0 Å². The Morgan fingerprint density at radius 3 is 2.64 bits per heavy atom. The Hall–Kier alpha value is -2.45. The van der Waals surface area contributed by atoms with Gasteiger partial charge in [-0.3, -0.25) is 4.79 Å². The monoisotopic (exact) mass is 390 g/mol. The molecule has 150 valence electrons. The summed E-state index contributed by atoms with van der Waals surface area (Å²) in [5.41, 5.74) is 0.432. The third kappa shape index (κ3) is 2.97. The van der Waals surface area contributed by atoms with E-state index in [9.17, 15) is 24.9 Å². The zero-order chi connectivity index (χ0) is 20.2. The summed E-state index contributed by atoms with van der Waals surface area (Å²) in [6, 6.07) is 1.23. The first-order chi connectivity index (χ1) is 13.3. The third-order valence-electron chi connectivity index (χ3n) is 5.89. The quantitative estimate of drug-likeness (QED) is 0.734. The number of carbonyl (C=O) groups is 1. The Labute approximate surface area is 160 Å². The molecule has 1 saturated heterocycles. The normalized spacial score (nSPS) is 22.6. The highest BCUT2D eigenvalue weighted by Gasteiger charge is 2.32. The second-order valence-corrected chi connectivity index (χ2v) is 7.79. The molecule has 2 heterocycles. The summed E-state index contributed by atoms with van der Waals surface area (Å²) < 4.78 is 16.9. The number of hydrogen-bond donors (Lipinski definition) is 3. The van der Waals surface area contributed by atoms with E-state index in [1.54, 1.807) is 16.4 Å². The van der Waals surface area contributed by atoms with Crippen molar-refractivity contribution in [1.29, 1.82) is 0 Å². The van der Waals surface area contributed by atoms with Crippen LogP contribution in [-0.4, -0.2) is 51.7 Å². The zero-order valence-electron chi connectivity index (χ0n) is 15.6. The molecule has 1 aromatic carbocycles. The fourth-order valence-corrected chi connectivity index (χ4v) is 4.25. The number of pyridine rings is 1. The average molecular weight is 390 g/mol. The van der Waals surface area contributed by atoms with Crippen molar-refractivity contribution < 1.29 is 24.5 Å². The Kier molecular flexibility index (Phi) is 4.63. The largest absolute Gasteiger partial charge is 0.477 e. The maximum Gasteiger partial charge on any atom is 0.341 e. The van der Waals surface area contributed by atoms with Crippen LogP contribution in [0.3, 0.4) is 0 Å². The van der Waals surface area contributed by atoms with Gasteiger partial charge in [-0.25, -0.2) is 9.18 Å². The molecule has 28 heavy (non-hydrogen) atoms. The summed E-state index contributed by atoms with van der Waals surface area (Å²) in [7, 11) is 0. The Morgan fingerprint density at radius 2 is 2.04 bits per heavy atom. The van der Waals surface area contributed by atoms with Crippen molar-refractivity contribution in [3.8, 4) is 0 Å². The van der Waals surface area contributed by atoms with Gasteiger partial charge in [0.2, 0.25) is 5.43 Å². The molecule has 0 bridgehead atoms. The van der Waals surface area contributed by atoms with Gasteiger partial charge in [-0.1, -0.05) is 0 Å². The fourth-order valence-electron chi connectivity index (χ4n) is 4.25. The number of aromatic carboxylic acids is 1. The average Bonchev–Trinajstić information content (AvgIpc) is 3.48. The van der Waals surface area contributed by atoms with Crippen molar-refractivity contribution in [2.75, 3.05) is 24.6 Å². The topological polar surface area (TPSA) is 103 Å². The molecule has 3 N–H and O–H groups in total. The molecule has 1 aliphatic heterocycles. The number of carboxylic acid groups (broad SMARTS) is 1. The number of anilines is 1. The zero-order valence-corrected chi connectivity index (χ0v) is 15.6. The van der Waals surface area contributed by atoms with Gasteiger partial charge in [0.25, 0.3) is 0 Å². The Morgan fingerprint density at radius 1 is 1.32 bits per heavy atom. The molecule has 2 aliphatic rings. The lowest BCUT2D eigenvalue weighted by Gasteiger charge is -2.38. The second-order valence-electron chi connectivity index (χ2n) is 7.79. The van der Waals surface area contributed by atoms with E-state index in [2.05, 4.69) is 0 Å². The van der Waals surface area contributed by atoms with Crippen molar-refractivity contribution >= 4 is 22.6 Å². The van der Waals surface area contributed by atoms with Crippen LogP contribution in [0.1, 0.15) is 41.2 Å². The van der Waals surface area contributed by atoms with Gasteiger partial charge < -0.3 is 24.8 Å². The van der Waals surface area contributed by atoms with Crippen LogP contribution in [-0.2, 0) is 0 Å². The molecule has 2 fully saturated rings. The van der Waals surface area contributed by atoms with Crippen LogP contribution >= 0.6 is 0 Å². The predicted octanol–water partition coefficient (Wildman–Crippen LogP) is 1.66. The maximum absolute atomic E-state index is 15.1. The number of aryl methyl sites for hydroxylation is 1. The van der Waals surface area contributed by atoms with Crippen molar-refractivity contribution in [3.63, 3.8) is 0 Å². The molecule has 0 amide bonds. The van der Waals surface area contributed by atoms with Crippen molar-refractivity contribution in [3.05, 3.63) is 39.4 Å². The molecule has 2 unspecified atom stereocenters. The fraction of sp³-hybridized carbons (Fsp3) is 0.500. The van der Waals surface area contributed by atoms with Gasteiger partial charge >= 0.3 is 5.97 Å². The van der Waals surface area contributed by atoms with E-state index in [1.807, 2.05) is 0 Å². The van der Waals surface area contributed by atoms with Crippen LogP contribution in [0.15, 0.2) is 17.1 Å². The first-order valence-corrected chi connectivity index (χ1v) is 9.48. The molecule has 2 aromatic rings.